The fourth-order valence-electron chi connectivity index (χ4n) is 0.752. The monoisotopic (exact) mass is 229 g/mol. The predicted molar refractivity (Wildman–Crippen MR) is 53.3 cm³/mol. The molecule has 0 saturated carbocycles. The van der Waals surface area contributed by atoms with Gasteiger partial charge in [0, 0.05) is 7.05 Å². The number of nitrogens with one attached hydrogen (secondary N) is 1. The van der Waals surface area contributed by atoms with Crippen molar-refractivity contribution in [2.24, 2.45) is 0 Å². The van der Waals surface area contributed by atoms with Crippen molar-refractivity contribution in [3.63, 3.8) is 0 Å². The maximum absolute atomic E-state index is 4.85. The van der Waals surface area contributed by atoms with Crippen LogP contribution in [0, 0.1) is 0 Å². The van der Waals surface area contributed by atoms with E-state index in [9.17, 15) is 0 Å². The Morgan fingerprint density at radius 3 is 3.14 bits per heavy atom. The summed E-state index contributed by atoms with van der Waals surface area (Å²) < 4.78 is 5.73. The summed E-state index contributed by atoms with van der Waals surface area (Å²) in [5.41, 5.74) is 0. The van der Waals surface area contributed by atoms with Gasteiger partial charge in [0.05, 0.1) is 5.75 Å². The Morgan fingerprint density at radius 1 is 1.57 bits per heavy atom. The third-order valence-corrected chi connectivity index (χ3v) is 3.41. The lowest BCUT2D eigenvalue weighted by Gasteiger charge is -1.89. The summed E-state index contributed by atoms with van der Waals surface area (Å²) in [5, 5.41) is 15.1. The van der Waals surface area contributed by atoms with E-state index in [0.717, 1.165) is 9.47 Å². The predicted octanol–water partition coefficient (Wildman–Crippen LogP) is 1.26. The highest BCUT2D eigenvalue weighted by Gasteiger charge is 2.05. The molecule has 0 spiro atoms. The van der Waals surface area contributed by atoms with Crippen molar-refractivity contribution in [3.05, 3.63) is 12.2 Å². The number of thioether (sulfide) groups is 1. The summed E-state index contributed by atoms with van der Waals surface area (Å²) in [6, 6.07) is 0. The van der Waals surface area contributed by atoms with Crippen LogP contribution in [0.25, 0.3) is 0 Å². The molecule has 14 heavy (non-hydrogen) atoms. The van der Waals surface area contributed by atoms with Crippen LogP contribution in [0.4, 0.5) is 5.13 Å². The summed E-state index contributed by atoms with van der Waals surface area (Å²) in [7, 11) is 1.81. The third-order valence-electron chi connectivity index (χ3n) is 1.35. The normalized spacial score (nSPS) is 10.4. The number of hydrogen-bond acceptors (Lipinski definition) is 8. The molecular weight excluding hydrogens is 222 g/mol. The quantitative estimate of drug-likeness (QED) is 0.791. The zero-order chi connectivity index (χ0) is 9.80. The molecule has 2 aromatic rings. The minimum atomic E-state index is 0.594. The molecule has 0 aliphatic carbocycles. The molecule has 0 aliphatic rings. The van der Waals surface area contributed by atoms with E-state index in [1.165, 1.54) is 29.4 Å². The van der Waals surface area contributed by atoms with Gasteiger partial charge in [-0.05, 0) is 0 Å². The zero-order valence-corrected chi connectivity index (χ0v) is 8.93. The smallest absolute Gasteiger partial charge is 0.236 e. The first-order valence-electron chi connectivity index (χ1n) is 3.78. The van der Waals surface area contributed by atoms with Crippen LogP contribution >= 0.6 is 23.1 Å². The molecule has 0 amide bonds. The van der Waals surface area contributed by atoms with Crippen LogP contribution in [-0.2, 0) is 5.75 Å². The minimum absolute atomic E-state index is 0.594. The van der Waals surface area contributed by atoms with Crippen molar-refractivity contribution in [2.45, 2.75) is 10.1 Å². The second kappa shape index (κ2) is 4.38. The molecule has 0 atom stereocenters. The van der Waals surface area contributed by atoms with Gasteiger partial charge in [0.1, 0.15) is 0 Å². The summed E-state index contributed by atoms with van der Waals surface area (Å²) in [5.74, 6) is 1.22. The van der Waals surface area contributed by atoms with Crippen LogP contribution in [-0.4, -0.2) is 27.4 Å². The SMILES string of the molecule is CNc1nnc(SCc2ncno2)s1. The van der Waals surface area contributed by atoms with Crippen LogP contribution in [0.2, 0.25) is 0 Å². The highest BCUT2D eigenvalue weighted by molar-refractivity contribution is 8.00. The van der Waals surface area contributed by atoms with E-state index < -0.39 is 0 Å². The molecule has 0 aromatic carbocycles. The van der Waals surface area contributed by atoms with E-state index in [4.69, 9.17) is 4.52 Å². The second-order valence-corrected chi connectivity index (χ2v) is 4.45. The van der Waals surface area contributed by atoms with Crippen LogP contribution in [0.3, 0.4) is 0 Å². The Labute approximate surface area is 88.1 Å². The first-order chi connectivity index (χ1) is 6.88. The molecule has 74 valence electrons. The maximum Gasteiger partial charge on any atom is 0.236 e. The van der Waals surface area contributed by atoms with E-state index in [2.05, 4.69) is 25.7 Å². The van der Waals surface area contributed by atoms with Gasteiger partial charge in [-0.3, -0.25) is 0 Å². The fourth-order valence-corrected chi connectivity index (χ4v) is 2.30. The lowest BCUT2D eigenvalue weighted by atomic mass is 10.8. The molecule has 6 nitrogen and oxygen atoms in total. The third kappa shape index (κ3) is 2.20. The van der Waals surface area contributed by atoms with Gasteiger partial charge >= 0.3 is 0 Å². The van der Waals surface area contributed by atoms with Gasteiger partial charge in [0.25, 0.3) is 0 Å². The summed E-state index contributed by atoms with van der Waals surface area (Å²) >= 11 is 3.02. The van der Waals surface area contributed by atoms with Gasteiger partial charge in [-0.2, -0.15) is 4.98 Å². The Kier molecular flexibility index (Phi) is 2.94. The van der Waals surface area contributed by atoms with E-state index in [1.54, 1.807) is 0 Å². The van der Waals surface area contributed by atoms with E-state index in [0.29, 0.717) is 11.6 Å². The van der Waals surface area contributed by atoms with Crippen LogP contribution in [0.5, 0.6) is 0 Å². The molecule has 1 N–H and O–H groups in total. The van der Waals surface area contributed by atoms with Gasteiger partial charge in [-0.1, -0.05) is 28.3 Å². The summed E-state index contributed by atoms with van der Waals surface area (Å²) in [4.78, 5) is 3.90. The maximum atomic E-state index is 4.85. The number of anilines is 1. The van der Waals surface area contributed by atoms with Gasteiger partial charge in [0.15, 0.2) is 10.7 Å². The van der Waals surface area contributed by atoms with Gasteiger partial charge in [-0.25, -0.2) is 0 Å². The number of rotatable bonds is 4. The average Bonchev–Trinajstić information content (AvgIpc) is 2.86. The standard InChI is InChI=1S/C6H7N5OS2/c1-7-5-10-11-6(14-5)13-2-4-8-3-9-12-4/h3H,2H2,1H3,(H,7,10). The topological polar surface area (TPSA) is 76.7 Å². The Morgan fingerprint density at radius 2 is 2.50 bits per heavy atom. The number of hydrogen-bond donors (Lipinski definition) is 1. The lowest BCUT2D eigenvalue weighted by Crippen LogP contribution is -1.84. The lowest BCUT2D eigenvalue weighted by molar-refractivity contribution is 0.390. The Hall–Kier alpha value is -1.15. The largest absolute Gasteiger partial charge is 0.363 e. The van der Waals surface area contributed by atoms with Crippen LogP contribution < -0.4 is 5.32 Å². The Balaban J connectivity index is 1.92. The molecule has 0 fully saturated rings. The molecule has 2 heterocycles. The molecule has 0 saturated heterocycles. The van der Waals surface area contributed by atoms with Crippen molar-refractivity contribution >= 4 is 28.2 Å². The number of nitrogens with zero attached hydrogens (tertiary/aromatic N) is 4. The van der Waals surface area contributed by atoms with Crippen molar-refractivity contribution in [1.29, 1.82) is 0 Å². The molecule has 0 radical (unpaired) electrons. The molecule has 0 aliphatic heterocycles. The van der Waals surface area contributed by atoms with Crippen LogP contribution in [0.1, 0.15) is 5.89 Å². The molecule has 0 bridgehead atoms. The molecule has 2 rings (SSSR count). The zero-order valence-electron chi connectivity index (χ0n) is 7.30. The average molecular weight is 229 g/mol. The molecule has 8 heteroatoms. The first-order valence-corrected chi connectivity index (χ1v) is 5.58. The van der Waals surface area contributed by atoms with E-state index in [-0.39, 0.29) is 0 Å². The van der Waals surface area contributed by atoms with E-state index >= 15 is 0 Å². The van der Waals surface area contributed by atoms with Crippen molar-refractivity contribution in [3.8, 4) is 0 Å². The fraction of sp³-hybridized carbons (Fsp3) is 0.333. The van der Waals surface area contributed by atoms with E-state index in [1.807, 2.05) is 7.05 Å². The second-order valence-electron chi connectivity index (χ2n) is 2.25. The minimum Gasteiger partial charge on any atom is -0.363 e. The van der Waals surface area contributed by atoms with Gasteiger partial charge in [0.2, 0.25) is 11.0 Å². The summed E-state index contributed by atoms with van der Waals surface area (Å²) in [6.07, 6.45) is 1.38. The summed E-state index contributed by atoms with van der Waals surface area (Å²) in [6.45, 7) is 0. The first kappa shape index (κ1) is 9.41. The van der Waals surface area contributed by atoms with Gasteiger partial charge < -0.3 is 9.84 Å². The van der Waals surface area contributed by atoms with Gasteiger partial charge in [-0.15, -0.1) is 10.2 Å². The highest BCUT2D eigenvalue weighted by atomic mass is 32.2. The molecule has 2 aromatic heterocycles. The Bertz CT molecular complexity index is 387. The van der Waals surface area contributed by atoms with Crippen molar-refractivity contribution in [2.75, 3.05) is 12.4 Å². The molecule has 0 unspecified atom stereocenters. The highest BCUT2D eigenvalue weighted by Crippen LogP contribution is 2.27. The van der Waals surface area contributed by atoms with Crippen molar-refractivity contribution < 1.29 is 4.52 Å². The van der Waals surface area contributed by atoms with Crippen LogP contribution in [0.15, 0.2) is 15.2 Å². The number of aromatic nitrogens is 4. The van der Waals surface area contributed by atoms with Crippen molar-refractivity contribution in [1.82, 2.24) is 20.3 Å². The molecular formula is C6H7N5OS2.